The molecule has 0 atom stereocenters. The highest BCUT2D eigenvalue weighted by Crippen LogP contribution is 2.07. The average molecular weight is 276 g/mol. The van der Waals surface area contributed by atoms with E-state index in [1.54, 1.807) is 13.8 Å². The van der Waals surface area contributed by atoms with Crippen LogP contribution >= 0.6 is 0 Å². The number of carbonyl (C=O) groups is 3. The van der Waals surface area contributed by atoms with Gasteiger partial charge in [-0.25, -0.2) is 0 Å². The zero-order valence-corrected chi connectivity index (χ0v) is 11.5. The molecule has 0 N–H and O–H groups in total. The number of carbonyl (C=O) groups excluding carboxylic acids is 3. The first-order chi connectivity index (χ1) is 8.99. The van der Waals surface area contributed by atoms with Gasteiger partial charge in [0, 0.05) is 6.92 Å². The van der Waals surface area contributed by atoms with Gasteiger partial charge in [-0.2, -0.15) is 0 Å². The molecule has 0 aromatic heterocycles. The lowest BCUT2D eigenvalue weighted by Crippen LogP contribution is -2.25. The lowest BCUT2D eigenvalue weighted by molar-refractivity contribution is -0.165. The van der Waals surface area contributed by atoms with Crippen LogP contribution < -0.4 is 0 Å². The van der Waals surface area contributed by atoms with Crippen LogP contribution in [0.3, 0.4) is 0 Å². The molecular weight excluding hydrogens is 256 g/mol. The van der Waals surface area contributed by atoms with Crippen LogP contribution in [-0.2, 0) is 33.3 Å². The first-order valence-corrected chi connectivity index (χ1v) is 6.05. The van der Waals surface area contributed by atoms with Crippen molar-refractivity contribution in [1.82, 2.24) is 0 Å². The smallest absolute Gasteiger partial charge is 0.308 e. The summed E-state index contributed by atoms with van der Waals surface area (Å²) in [6, 6.07) is 0. The van der Waals surface area contributed by atoms with Crippen molar-refractivity contribution in [2.24, 2.45) is 0 Å². The lowest BCUT2D eigenvalue weighted by Gasteiger charge is -2.16. The second-order valence-corrected chi connectivity index (χ2v) is 3.56. The molecule has 0 aromatic carbocycles. The fraction of sp³-hybridized carbons (Fsp3) is 0.750. The van der Waals surface area contributed by atoms with Crippen LogP contribution in [0, 0.1) is 0 Å². The molecular formula is C12H20O7. The minimum absolute atomic E-state index is 0.103. The molecule has 110 valence electrons. The molecule has 0 aliphatic heterocycles. The van der Waals surface area contributed by atoms with Gasteiger partial charge in [0.05, 0.1) is 32.2 Å². The Morgan fingerprint density at radius 3 is 1.74 bits per heavy atom. The van der Waals surface area contributed by atoms with Crippen LogP contribution in [-0.4, -0.2) is 44.0 Å². The van der Waals surface area contributed by atoms with Crippen molar-refractivity contribution in [2.45, 2.75) is 39.7 Å². The van der Waals surface area contributed by atoms with Gasteiger partial charge >= 0.3 is 17.9 Å². The SMILES string of the molecule is CCOC(=O)CC(CC(=O)OCC)OCOC(C)=O. The van der Waals surface area contributed by atoms with E-state index in [0.717, 1.165) is 0 Å². The van der Waals surface area contributed by atoms with Gasteiger partial charge in [0.15, 0.2) is 6.79 Å². The quantitative estimate of drug-likeness (QED) is 0.349. The second kappa shape index (κ2) is 10.3. The van der Waals surface area contributed by atoms with Crippen LogP contribution in [0.15, 0.2) is 0 Å². The van der Waals surface area contributed by atoms with E-state index in [4.69, 9.17) is 14.2 Å². The Kier molecular flexibility index (Phi) is 9.42. The highest BCUT2D eigenvalue weighted by molar-refractivity contribution is 5.73. The summed E-state index contributed by atoms with van der Waals surface area (Å²) in [5, 5.41) is 0. The molecule has 0 fully saturated rings. The minimum Gasteiger partial charge on any atom is -0.466 e. The average Bonchev–Trinajstić information content (AvgIpc) is 2.28. The molecule has 0 rings (SSSR count). The van der Waals surface area contributed by atoms with Gasteiger partial charge in [0.2, 0.25) is 0 Å². The highest BCUT2D eigenvalue weighted by Gasteiger charge is 2.20. The summed E-state index contributed by atoms with van der Waals surface area (Å²) in [4.78, 5) is 33.2. The maximum absolute atomic E-state index is 11.3. The summed E-state index contributed by atoms with van der Waals surface area (Å²) in [6.07, 6.45) is -0.945. The molecule has 0 saturated heterocycles. The summed E-state index contributed by atoms with van der Waals surface area (Å²) in [5.41, 5.74) is 0. The summed E-state index contributed by atoms with van der Waals surface area (Å²) in [6.45, 7) is 4.76. The normalized spacial score (nSPS) is 10.1. The van der Waals surface area contributed by atoms with Crippen molar-refractivity contribution in [3.63, 3.8) is 0 Å². The number of hydrogen-bond donors (Lipinski definition) is 0. The fourth-order valence-electron chi connectivity index (χ4n) is 1.21. The standard InChI is InChI=1S/C12H20O7/c1-4-16-11(14)6-10(7-12(15)17-5-2)19-8-18-9(3)13/h10H,4-8H2,1-3H3. The lowest BCUT2D eigenvalue weighted by atomic mass is 10.2. The Balaban J connectivity index is 4.24. The zero-order valence-electron chi connectivity index (χ0n) is 11.5. The molecule has 0 heterocycles. The fourth-order valence-corrected chi connectivity index (χ4v) is 1.21. The van der Waals surface area contributed by atoms with E-state index >= 15 is 0 Å². The van der Waals surface area contributed by atoms with Crippen molar-refractivity contribution in [3.05, 3.63) is 0 Å². The number of hydrogen-bond acceptors (Lipinski definition) is 7. The molecule has 7 nitrogen and oxygen atoms in total. The summed E-state index contributed by atoms with van der Waals surface area (Å²) in [7, 11) is 0. The van der Waals surface area contributed by atoms with E-state index in [0.29, 0.717) is 0 Å². The van der Waals surface area contributed by atoms with Crippen molar-refractivity contribution in [2.75, 3.05) is 20.0 Å². The van der Waals surface area contributed by atoms with Gasteiger partial charge in [0.1, 0.15) is 0 Å². The molecule has 19 heavy (non-hydrogen) atoms. The number of ether oxygens (including phenoxy) is 4. The van der Waals surface area contributed by atoms with E-state index in [2.05, 4.69) is 4.74 Å². The Morgan fingerprint density at radius 1 is 0.895 bits per heavy atom. The molecule has 0 saturated carbocycles. The van der Waals surface area contributed by atoms with Gasteiger partial charge < -0.3 is 18.9 Å². The highest BCUT2D eigenvalue weighted by atomic mass is 16.7. The predicted molar refractivity (Wildman–Crippen MR) is 64.0 cm³/mol. The van der Waals surface area contributed by atoms with Crippen LogP contribution in [0.4, 0.5) is 0 Å². The zero-order chi connectivity index (χ0) is 14.7. The van der Waals surface area contributed by atoms with Gasteiger partial charge in [-0.05, 0) is 13.8 Å². The first-order valence-electron chi connectivity index (χ1n) is 6.05. The van der Waals surface area contributed by atoms with E-state index in [1.165, 1.54) is 6.92 Å². The topological polar surface area (TPSA) is 88.1 Å². The predicted octanol–water partition coefficient (Wildman–Crippen LogP) is 0.799. The molecule has 0 unspecified atom stereocenters. The Hall–Kier alpha value is -1.63. The Morgan fingerprint density at radius 2 is 1.37 bits per heavy atom. The second-order valence-electron chi connectivity index (χ2n) is 3.56. The van der Waals surface area contributed by atoms with Gasteiger partial charge in [-0.1, -0.05) is 0 Å². The molecule has 0 aromatic rings. The van der Waals surface area contributed by atoms with Gasteiger partial charge in [-0.3, -0.25) is 14.4 Å². The van der Waals surface area contributed by atoms with E-state index in [-0.39, 0.29) is 32.8 Å². The third-order valence-electron chi connectivity index (χ3n) is 1.97. The third kappa shape index (κ3) is 10.0. The van der Waals surface area contributed by atoms with Crippen LogP contribution in [0.2, 0.25) is 0 Å². The summed E-state index contributed by atoms with van der Waals surface area (Å²) in [5.74, 6) is -1.48. The van der Waals surface area contributed by atoms with E-state index in [9.17, 15) is 14.4 Å². The van der Waals surface area contributed by atoms with Crippen LogP contribution in [0.5, 0.6) is 0 Å². The van der Waals surface area contributed by atoms with Gasteiger partial charge in [0.25, 0.3) is 0 Å². The molecule has 0 aliphatic rings. The molecule has 0 bridgehead atoms. The van der Waals surface area contributed by atoms with Crippen molar-refractivity contribution in [1.29, 1.82) is 0 Å². The molecule has 7 heteroatoms. The molecule has 0 radical (unpaired) electrons. The van der Waals surface area contributed by atoms with Crippen molar-refractivity contribution >= 4 is 17.9 Å². The van der Waals surface area contributed by atoms with Crippen molar-refractivity contribution < 1.29 is 33.3 Å². The molecule has 0 spiro atoms. The Labute approximate surface area is 112 Å². The number of esters is 3. The maximum atomic E-state index is 11.3. The summed E-state index contributed by atoms with van der Waals surface area (Å²) < 4.78 is 19.3. The number of rotatable bonds is 9. The van der Waals surface area contributed by atoms with E-state index in [1.807, 2.05) is 0 Å². The van der Waals surface area contributed by atoms with E-state index < -0.39 is 24.0 Å². The Bertz CT molecular complexity index is 280. The summed E-state index contributed by atoms with van der Waals surface area (Å²) >= 11 is 0. The first kappa shape index (κ1) is 17.4. The van der Waals surface area contributed by atoms with Crippen LogP contribution in [0.1, 0.15) is 33.6 Å². The van der Waals surface area contributed by atoms with Gasteiger partial charge in [-0.15, -0.1) is 0 Å². The van der Waals surface area contributed by atoms with Crippen LogP contribution in [0.25, 0.3) is 0 Å². The minimum atomic E-state index is -0.738. The maximum Gasteiger partial charge on any atom is 0.308 e. The molecule has 0 amide bonds. The largest absolute Gasteiger partial charge is 0.466 e. The monoisotopic (exact) mass is 276 g/mol. The molecule has 0 aliphatic carbocycles. The third-order valence-corrected chi connectivity index (χ3v) is 1.97. The van der Waals surface area contributed by atoms with Crippen molar-refractivity contribution in [3.8, 4) is 0 Å².